The largest absolute Gasteiger partial charge is 0.416 e. The smallest absolute Gasteiger partial charge is 0.277 e. The number of amides is 2. The zero-order valence-electron chi connectivity index (χ0n) is 18.6. The molecular formula is C25H28N4O3S. The van der Waals surface area contributed by atoms with E-state index in [9.17, 15) is 9.59 Å². The van der Waals surface area contributed by atoms with Crippen LogP contribution in [0.1, 0.15) is 37.1 Å². The molecule has 4 rings (SSSR count). The van der Waals surface area contributed by atoms with Gasteiger partial charge in [-0.25, -0.2) is 0 Å². The standard InChI is InChI=1S/C25H28N4O3S/c1-18(19-8-4-2-5-9-19)16-22-27-28-25(32-22)33-17-23(30)29-14-12-20(13-15-29)24(31)26-21-10-6-3-7-11-21/h2-11,18,20H,12-17H2,1H3,(H,26,31). The zero-order chi connectivity index (χ0) is 23.0. The van der Waals surface area contributed by atoms with E-state index in [-0.39, 0.29) is 29.4 Å². The summed E-state index contributed by atoms with van der Waals surface area (Å²) < 4.78 is 5.74. The van der Waals surface area contributed by atoms with Crippen molar-refractivity contribution in [3.8, 4) is 0 Å². The van der Waals surface area contributed by atoms with E-state index in [1.165, 1.54) is 17.3 Å². The molecule has 0 saturated carbocycles. The minimum atomic E-state index is -0.0768. The maximum atomic E-state index is 12.6. The molecule has 0 bridgehead atoms. The third kappa shape index (κ3) is 6.44. The van der Waals surface area contributed by atoms with Gasteiger partial charge in [0.05, 0.1) is 5.75 Å². The van der Waals surface area contributed by atoms with Crippen molar-refractivity contribution in [2.75, 3.05) is 24.2 Å². The van der Waals surface area contributed by atoms with E-state index >= 15 is 0 Å². The van der Waals surface area contributed by atoms with Crippen molar-refractivity contribution in [1.82, 2.24) is 15.1 Å². The van der Waals surface area contributed by atoms with Gasteiger partial charge in [0, 0.05) is 31.1 Å². The highest BCUT2D eigenvalue weighted by molar-refractivity contribution is 7.99. The summed E-state index contributed by atoms with van der Waals surface area (Å²) in [7, 11) is 0. The molecule has 8 heteroatoms. The van der Waals surface area contributed by atoms with Crippen molar-refractivity contribution in [3.05, 3.63) is 72.1 Å². The number of piperidine rings is 1. The minimum absolute atomic E-state index is 0.0193. The van der Waals surface area contributed by atoms with E-state index in [1.807, 2.05) is 53.4 Å². The Morgan fingerprint density at radius 3 is 2.42 bits per heavy atom. The molecule has 0 aliphatic carbocycles. The molecule has 1 aliphatic heterocycles. The quantitative estimate of drug-likeness (QED) is 0.498. The Labute approximate surface area is 198 Å². The summed E-state index contributed by atoms with van der Waals surface area (Å²) >= 11 is 1.26. The molecule has 1 saturated heterocycles. The number of aromatic nitrogens is 2. The fourth-order valence-electron chi connectivity index (χ4n) is 3.91. The minimum Gasteiger partial charge on any atom is -0.416 e. The van der Waals surface area contributed by atoms with Crippen molar-refractivity contribution in [2.45, 2.75) is 37.3 Å². The Balaban J connectivity index is 1.20. The van der Waals surface area contributed by atoms with Crippen LogP contribution >= 0.6 is 11.8 Å². The molecule has 33 heavy (non-hydrogen) atoms. The Bertz CT molecular complexity index is 1050. The SMILES string of the molecule is CC(Cc1nnc(SCC(=O)N2CCC(C(=O)Nc3ccccc3)CC2)o1)c1ccccc1. The Hall–Kier alpha value is -3.13. The zero-order valence-corrected chi connectivity index (χ0v) is 19.5. The number of rotatable bonds is 8. The van der Waals surface area contributed by atoms with Crippen molar-refractivity contribution in [2.24, 2.45) is 5.92 Å². The second-order valence-electron chi connectivity index (χ2n) is 8.28. The number of anilines is 1. The maximum Gasteiger partial charge on any atom is 0.277 e. The van der Waals surface area contributed by atoms with Gasteiger partial charge in [-0.05, 0) is 36.5 Å². The van der Waals surface area contributed by atoms with Crippen LogP contribution in [0.3, 0.4) is 0 Å². The second kappa shape index (κ2) is 11.1. The predicted octanol–water partition coefficient (Wildman–Crippen LogP) is 4.39. The third-order valence-corrected chi connectivity index (χ3v) is 6.68. The van der Waals surface area contributed by atoms with Crippen LogP contribution in [0.4, 0.5) is 5.69 Å². The second-order valence-corrected chi connectivity index (χ2v) is 9.20. The first-order valence-corrected chi connectivity index (χ1v) is 12.2. The average Bonchev–Trinajstić information content (AvgIpc) is 3.31. The molecule has 172 valence electrons. The van der Waals surface area contributed by atoms with E-state index in [4.69, 9.17) is 4.42 Å². The molecule has 2 heterocycles. The lowest BCUT2D eigenvalue weighted by molar-refractivity contribution is -0.132. The van der Waals surface area contributed by atoms with E-state index in [1.54, 1.807) is 0 Å². The van der Waals surface area contributed by atoms with Crippen LogP contribution in [-0.2, 0) is 16.0 Å². The Morgan fingerprint density at radius 2 is 1.73 bits per heavy atom. The third-order valence-electron chi connectivity index (χ3n) is 5.88. The van der Waals surface area contributed by atoms with Crippen LogP contribution in [0.2, 0.25) is 0 Å². The number of hydrogen-bond acceptors (Lipinski definition) is 6. The number of benzene rings is 2. The molecule has 1 aliphatic rings. The van der Waals surface area contributed by atoms with Crippen molar-refractivity contribution in [3.63, 3.8) is 0 Å². The van der Waals surface area contributed by atoms with Gasteiger partial charge < -0.3 is 14.6 Å². The van der Waals surface area contributed by atoms with Crippen molar-refractivity contribution >= 4 is 29.3 Å². The molecule has 1 atom stereocenters. The van der Waals surface area contributed by atoms with Gasteiger partial charge in [0.1, 0.15) is 0 Å². The van der Waals surface area contributed by atoms with Gasteiger partial charge in [-0.15, -0.1) is 10.2 Å². The summed E-state index contributed by atoms with van der Waals surface area (Å²) in [5.74, 6) is 1.06. The molecule has 1 aromatic heterocycles. The van der Waals surface area contributed by atoms with Crippen LogP contribution in [0.25, 0.3) is 0 Å². The Morgan fingerprint density at radius 1 is 1.06 bits per heavy atom. The first-order chi connectivity index (χ1) is 16.1. The van der Waals surface area contributed by atoms with E-state index in [2.05, 4.69) is 34.6 Å². The maximum absolute atomic E-state index is 12.6. The average molecular weight is 465 g/mol. The van der Waals surface area contributed by atoms with Crippen LogP contribution < -0.4 is 5.32 Å². The van der Waals surface area contributed by atoms with Gasteiger partial charge in [-0.3, -0.25) is 9.59 Å². The van der Waals surface area contributed by atoms with Gasteiger partial charge in [0.2, 0.25) is 17.7 Å². The summed E-state index contributed by atoms with van der Waals surface area (Å²) in [5, 5.41) is 11.6. The first kappa shape index (κ1) is 23.0. The molecule has 0 spiro atoms. The van der Waals surface area contributed by atoms with Crippen LogP contribution in [0.15, 0.2) is 70.3 Å². The van der Waals surface area contributed by atoms with Gasteiger partial charge >= 0.3 is 0 Å². The van der Waals surface area contributed by atoms with E-state index in [0.717, 1.165) is 5.69 Å². The summed E-state index contributed by atoms with van der Waals surface area (Å²) in [6, 6.07) is 19.7. The summed E-state index contributed by atoms with van der Waals surface area (Å²) in [6.07, 6.45) is 1.98. The number of nitrogens with one attached hydrogen (secondary N) is 1. The number of thioether (sulfide) groups is 1. The lowest BCUT2D eigenvalue weighted by Gasteiger charge is -2.31. The fraction of sp³-hybridized carbons (Fsp3) is 0.360. The van der Waals surface area contributed by atoms with Gasteiger partial charge in [-0.2, -0.15) is 0 Å². The summed E-state index contributed by atoms with van der Waals surface area (Å²) in [6.45, 7) is 3.28. The first-order valence-electron chi connectivity index (χ1n) is 11.2. The van der Waals surface area contributed by atoms with Crippen molar-refractivity contribution < 1.29 is 14.0 Å². The molecule has 1 N–H and O–H groups in total. The number of carbonyl (C=O) groups excluding carboxylic acids is 2. The molecular weight excluding hydrogens is 436 g/mol. The highest BCUT2D eigenvalue weighted by atomic mass is 32.2. The number of likely N-dealkylation sites (tertiary alicyclic amines) is 1. The van der Waals surface area contributed by atoms with E-state index in [0.29, 0.717) is 43.5 Å². The molecule has 0 radical (unpaired) electrons. The summed E-state index contributed by atoms with van der Waals surface area (Å²) in [5.41, 5.74) is 2.02. The molecule has 1 unspecified atom stereocenters. The summed E-state index contributed by atoms with van der Waals surface area (Å²) in [4.78, 5) is 26.9. The van der Waals surface area contributed by atoms with Crippen LogP contribution in [-0.4, -0.2) is 45.8 Å². The van der Waals surface area contributed by atoms with Crippen LogP contribution in [0.5, 0.6) is 0 Å². The monoisotopic (exact) mass is 464 g/mol. The molecule has 1 fully saturated rings. The predicted molar refractivity (Wildman–Crippen MR) is 128 cm³/mol. The molecule has 2 aromatic carbocycles. The van der Waals surface area contributed by atoms with Crippen LogP contribution in [0, 0.1) is 5.92 Å². The lowest BCUT2D eigenvalue weighted by atomic mass is 9.96. The normalized spacial score (nSPS) is 15.2. The van der Waals surface area contributed by atoms with Gasteiger partial charge in [0.15, 0.2) is 0 Å². The highest BCUT2D eigenvalue weighted by Gasteiger charge is 2.27. The number of nitrogens with zero attached hydrogens (tertiary/aromatic N) is 3. The van der Waals surface area contributed by atoms with E-state index < -0.39 is 0 Å². The molecule has 2 amide bonds. The number of para-hydroxylation sites is 1. The van der Waals surface area contributed by atoms with Gasteiger partial charge in [-0.1, -0.05) is 67.2 Å². The molecule has 7 nitrogen and oxygen atoms in total. The number of hydrogen-bond donors (Lipinski definition) is 1. The van der Waals surface area contributed by atoms with Gasteiger partial charge in [0.25, 0.3) is 5.22 Å². The Kier molecular flexibility index (Phi) is 7.78. The topological polar surface area (TPSA) is 88.3 Å². The van der Waals surface area contributed by atoms with Crippen molar-refractivity contribution in [1.29, 1.82) is 0 Å². The fourth-order valence-corrected chi connectivity index (χ4v) is 4.60. The number of carbonyl (C=O) groups is 2. The highest BCUT2D eigenvalue weighted by Crippen LogP contribution is 2.24. The lowest BCUT2D eigenvalue weighted by Crippen LogP contribution is -2.42. The molecule has 3 aromatic rings.